The van der Waals surface area contributed by atoms with Crippen LogP contribution in [0.5, 0.6) is 11.5 Å². The molecule has 4 N–H and O–H groups in total. The van der Waals surface area contributed by atoms with E-state index in [2.05, 4.69) is 0 Å². The van der Waals surface area contributed by atoms with Gasteiger partial charge in [-0.15, -0.1) is 0 Å². The summed E-state index contributed by atoms with van der Waals surface area (Å²) in [5.41, 5.74) is 6.57. The number of methoxy groups -OCH3 is 2. The lowest BCUT2D eigenvalue weighted by Crippen LogP contribution is -2.23. The van der Waals surface area contributed by atoms with Crippen LogP contribution in [0.25, 0.3) is 0 Å². The number of anilines is 1. The Morgan fingerprint density at radius 1 is 1.32 bits per heavy atom. The van der Waals surface area contributed by atoms with Crippen LogP contribution in [0.1, 0.15) is 5.56 Å². The second-order valence-electron chi connectivity index (χ2n) is 4.00. The monoisotopic (exact) mass is 291 g/mol. The molecule has 0 amide bonds. The molecule has 19 heavy (non-hydrogen) atoms. The summed E-state index contributed by atoms with van der Waals surface area (Å²) in [4.78, 5) is 0. The van der Waals surface area contributed by atoms with Crippen molar-refractivity contribution in [3.63, 3.8) is 0 Å². The third-order valence-corrected chi connectivity index (χ3v) is 3.32. The number of aliphatic hydroxyl groups is 1. The molecule has 0 spiro atoms. The Labute approximate surface area is 111 Å². The van der Waals surface area contributed by atoms with Gasteiger partial charge in [0.25, 0.3) is 10.1 Å². The van der Waals surface area contributed by atoms with Crippen LogP contribution >= 0.6 is 0 Å². The lowest BCUT2D eigenvalue weighted by atomic mass is 10.0. The summed E-state index contributed by atoms with van der Waals surface area (Å²) in [6.07, 6.45) is -1.33. The maximum atomic E-state index is 10.7. The summed E-state index contributed by atoms with van der Waals surface area (Å²) < 4.78 is 40.2. The van der Waals surface area contributed by atoms with Crippen LogP contribution in [-0.4, -0.2) is 44.2 Å². The van der Waals surface area contributed by atoms with E-state index >= 15 is 0 Å². The van der Waals surface area contributed by atoms with Crippen molar-refractivity contribution >= 4 is 15.8 Å². The number of aliphatic hydroxyl groups excluding tert-OH is 1. The van der Waals surface area contributed by atoms with Crippen LogP contribution in [0.4, 0.5) is 5.69 Å². The van der Waals surface area contributed by atoms with E-state index in [0.717, 1.165) is 0 Å². The van der Waals surface area contributed by atoms with Gasteiger partial charge in [0.1, 0.15) is 17.3 Å². The average molecular weight is 291 g/mol. The number of hydrogen-bond acceptors (Lipinski definition) is 6. The quantitative estimate of drug-likeness (QED) is 0.501. The first kappa shape index (κ1) is 15.5. The van der Waals surface area contributed by atoms with E-state index in [1.807, 2.05) is 0 Å². The normalized spacial score (nSPS) is 13.1. The van der Waals surface area contributed by atoms with Crippen molar-refractivity contribution in [1.82, 2.24) is 0 Å². The van der Waals surface area contributed by atoms with Crippen LogP contribution in [0, 0.1) is 0 Å². The smallest absolute Gasteiger partial charge is 0.267 e. The molecule has 8 heteroatoms. The molecule has 0 heterocycles. The van der Waals surface area contributed by atoms with E-state index in [1.165, 1.54) is 20.3 Å². The first-order valence-electron chi connectivity index (χ1n) is 5.40. The number of benzene rings is 1. The third kappa shape index (κ3) is 4.58. The molecule has 7 nitrogen and oxygen atoms in total. The molecular weight excluding hydrogens is 274 g/mol. The molecule has 1 unspecified atom stereocenters. The molecule has 0 aromatic heterocycles. The van der Waals surface area contributed by atoms with Gasteiger partial charge in [0.15, 0.2) is 0 Å². The minimum Gasteiger partial charge on any atom is -0.497 e. The standard InChI is InChI=1S/C11H17NO6S/c1-17-8-4-10(12)9(11(5-8)18-2)3-7(13)6-19(14,15)16/h4-5,7,13H,3,6,12H2,1-2H3,(H,14,15,16). The molecule has 1 rings (SSSR count). The Bertz CT molecular complexity index is 542. The van der Waals surface area contributed by atoms with Crippen molar-refractivity contribution in [1.29, 1.82) is 0 Å². The molecular formula is C11H17NO6S. The van der Waals surface area contributed by atoms with E-state index in [0.29, 0.717) is 22.7 Å². The van der Waals surface area contributed by atoms with Gasteiger partial charge in [-0.3, -0.25) is 4.55 Å². The molecule has 1 atom stereocenters. The molecule has 0 fully saturated rings. The number of nitrogens with two attached hydrogens (primary N) is 1. The number of nitrogen functional groups attached to an aromatic ring is 1. The summed E-state index contributed by atoms with van der Waals surface area (Å²) in [6.45, 7) is 0. The topological polar surface area (TPSA) is 119 Å². The highest BCUT2D eigenvalue weighted by Crippen LogP contribution is 2.31. The number of ether oxygens (including phenoxy) is 2. The summed E-state index contributed by atoms with van der Waals surface area (Å²) in [7, 11) is -1.35. The SMILES string of the molecule is COc1cc(N)c(CC(O)CS(=O)(=O)O)c(OC)c1. The number of hydrogen-bond donors (Lipinski definition) is 3. The lowest BCUT2D eigenvalue weighted by Gasteiger charge is -2.16. The zero-order valence-corrected chi connectivity index (χ0v) is 11.5. The van der Waals surface area contributed by atoms with Crippen LogP contribution in [-0.2, 0) is 16.5 Å². The van der Waals surface area contributed by atoms with Crippen LogP contribution < -0.4 is 15.2 Å². The molecule has 0 radical (unpaired) electrons. The molecule has 1 aromatic rings. The van der Waals surface area contributed by atoms with Gasteiger partial charge in [-0.25, -0.2) is 0 Å². The van der Waals surface area contributed by atoms with E-state index in [1.54, 1.807) is 6.07 Å². The molecule has 0 aliphatic heterocycles. The van der Waals surface area contributed by atoms with Gasteiger partial charge in [0.05, 0.1) is 20.3 Å². The van der Waals surface area contributed by atoms with Gasteiger partial charge in [0.2, 0.25) is 0 Å². The Morgan fingerprint density at radius 2 is 1.95 bits per heavy atom. The predicted molar refractivity (Wildman–Crippen MR) is 70.1 cm³/mol. The highest BCUT2D eigenvalue weighted by Gasteiger charge is 2.19. The predicted octanol–water partition coefficient (Wildman–Crippen LogP) is 0.0772. The fourth-order valence-corrected chi connectivity index (χ4v) is 2.30. The van der Waals surface area contributed by atoms with Gasteiger partial charge in [-0.1, -0.05) is 0 Å². The zero-order chi connectivity index (χ0) is 14.6. The summed E-state index contributed by atoms with van der Waals surface area (Å²) in [5, 5.41) is 9.63. The molecule has 1 aromatic carbocycles. The molecule has 0 saturated carbocycles. The molecule has 0 bridgehead atoms. The fraction of sp³-hybridized carbons (Fsp3) is 0.455. The highest BCUT2D eigenvalue weighted by atomic mass is 32.2. The minimum absolute atomic E-state index is 0.0568. The van der Waals surface area contributed by atoms with E-state index in [-0.39, 0.29) is 6.42 Å². The largest absolute Gasteiger partial charge is 0.497 e. The Balaban J connectivity index is 3.00. The maximum absolute atomic E-state index is 10.7. The first-order valence-corrected chi connectivity index (χ1v) is 7.01. The first-order chi connectivity index (χ1) is 8.76. The maximum Gasteiger partial charge on any atom is 0.267 e. The summed E-state index contributed by atoms with van der Waals surface area (Å²) in [6, 6.07) is 3.11. The van der Waals surface area contributed by atoms with Gasteiger partial charge < -0.3 is 20.3 Å². The van der Waals surface area contributed by atoms with Gasteiger partial charge in [0, 0.05) is 29.8 Å². The van der Waals surface area contributed by atoms with Gasteiger partial charge in [-0.2, -0.15) is 8.42 Å². The fourth-order valence-electron chi connectivity index (χ4n) is 1.70. The minimum atomic E-state index is -4.25. The Hall–Kier alpha value is -1.51. The van der Waals surface area contributed by atoms with Gasteiger partial charge in [-0.05, 0) is 0 Å². The van der Waals surface area contributed by atoms with Crippen LogP contribution in [0.15, 0.2) is 12.1 Å². The van der Waals surface area contributed by atoms with Crippen molar-refractivity contribution in [2.75, 3.05) is 25.7 Å². The van der Waals surface area contributed by atoms with Crippen molar-refractivity contribution in [3.8, 4) is 11.5 Å². The summed E-state index contributed by atoms with van der Waals surface area (Å²) >= 11 is 0. The van der Waals surface area contributed by atoms with Crippen LogP contribution in [0.2, 0.25) is 0 Å². The van der Waals surface area contributed by atoms with E-state index < -0.39 is 22.0 Å². The van der Waals surface area contributed by atoms with Crippen molar-refractivity contribution in [2.45, 2.75) is 12.5 Å². The highest BCUT2D eigenvalue weighted by molar-refractivity contribution is 7.85. The van der Waals surface area contributed by atoms with E-state index in [4.69, 9.17) is 19.8 Å². The Kier molecular flexibility index (Phi) is 4.98. The number of rotatable bonds is 6. The van der Waals surface area contributed by atoms with Crippen molar-refractivity contribution in [3.05, 3.63) is 17.7 Å². The molecule has 0 aliphatic rings. The zero-order valence-electron chi connectivity index (χ0n) is 10.7. The Morgan fingerprint density at radius 3 is 2.42 bits per heavy atom. The van der Waals surface area contributed by atoms with Gasteiger partial charge >= 0.3 is 0 Å². The van der Waals surface area contributed by atoms with Crippen LogP contribution in [0.3, 0.4) is 0 Å². The van der Waals surface area contributed by atoms with Crippen molar-refractivity contribution < 1.29 is 27.6 Å². The second-order valence-corrected chi connectivity index (χ2v) is 5.50. The molecule has 108 valence electrons. The molecule has 0 aliphatic carbocycles. The lowest BCUT2D eigenvalue weighted by molar-refractivity contribution is 0.194. The van der Waals surface area contributed by atoms with E-state index in [9.17, 15) is 13.5 Å². The average Bonchev–Trinajstić information content (AvgIpc) is 2.29. The third-order valence-electron chi connectivity index (χ3n) is 2.52. The summed E-state index contributed by atoms with van der Waals surface area (Å²) in [5.74, 6) is 0.107. The second kappa shape index (κ2) is 6.09. The molecule has 0 saturated heterocycles. The van der Waals surface area contributed by atoms with Crippen molar-refractivity contribution in [2.24, 2.45) is 0 Å².